The summed E-state index contributed by atoms with van der Waals surface area (Å²) >= 11 is 0. The fourth-order valence-corrected chi connectivity index (χ4v) is 3.14. The number of nitrogens with one attached hydrogen (secondary N) is 1. The number of aryl methyl sites for hydroxylation is 1. The quantitative estimate of drug-likeness (QED) is 0.902. The molecule has 3 heteroatoms. The van der Waals surface area contributed by atoms with Crippen LogP contribution < -0.4 is 5.32 Å². The van der Waals surface area contributed by atoms with Gasteiger partial charge in [0.2, 0.25) is 0 Å². The second kappa shape index (κ2) is 6.08. The predicted octanol–water partition coefficient (Wildman–Crippen LogP) is 3.39. The van der Waals surface area contributed by atoms with Crippen molar-refractivity contribution in [1.82, 2.24) is 15.1 Å². The second-order valence-corrected chi connectivity index (χ2v) is 7.15. The molecule has 3 nitrogen and oxygen atoms in total. The van der Waals surface area contributed by atoms with Gasteiger partial charge in [-0.3, -0.25) is 4.68 Å². The van der Waals surface area contributed by atoms with Gasteiger partial charge in [0, 0.05) is 18.8 Å². The summed E-state index contributed by atoms with van der Waals surface area (Å²) in [5, 5.41) is 8.01. The lowest BCUT2D eigenvalue weighted by Gasteiger charge is -2.37. The second-order valence-electron chi connectivity index (χ2n) is 7.15. The van der Waals surface area contributed by atoms with E-state index < -0.39 is 0 Å². The highest BCUT2D eigenvalue weighted by Gasteiger charge is 2.29. The van der Waals surface area contributed by atoms with Crippen molar-refractivity contribution in [3.8, 4) is 0 Å². The lowest BCUT2D eigenvalue weighted by molar-refractivity contribution is 0.160. The average molecular weight is 263 g/mol. The zero-order chi connectivity index (χ0) is 13.9. The summed E-state index contributed by atoms with van der Waals surface area (Å²) in [7, 11) is 0. The highest BCUT2D eigenvalue weighted by atomic mass is 15.3. The third-order valence-electron chi connectivity index (χ3n) is 4.49. The maximum absolute atomic E-state index is 4.32. The number of hydrogen-bond donors (Lipinski definition) is 1. The molecule has 1 aliphatic carbocycles. The molecule has 0 amide bonds. The summed E-state index contributed by atoms with van der Waals surface area (Å²) in [6.07, 6.45) is 9.46. The van der Waals surface area contributed by atoms with Crippen LogP contribution in [0.25, 0.3) is 0 Å². The van der Waals surface area contributed by atoms with Crippen LogP contribution in [0.15, 0.2) is 12.4 Å². The first-order chi connectivity index (χ1) is 8.95. The van der Waals surface area contributed by atoms with Crippen molar-refractivity contribution >= 4 is 0 Å². The van der Waals surface area contributed by atoms with Crippen molar-refractivity contribution in [2.75, 3.05) is 6.54 Å². The zero-order valence-corrected chi connectivity index (χ0v) is 12.9. The minimum atomic E-state index is 0.484. The van der Waals surface area contributed by atoms with Gasteiger partial charge in [0.1, 0.15) is 0 Å². The minimum absolute atomic E-state index is 0.484. The molecule has 0 unspecified atom stereocenters. The molecule has 0 aromatic carbocycles. The average Bonchev–Trinajstić information content (AvgIpc) is 2.75. The summed E-state index contributed by atoms with van der Waals surface area (Å²) in [6, 6.07) is 0.718. The molecule has 0 aliphatic heterocycles. The van der Waals surface area contributed by atoms with Crippen LogP contribution in [0.3, 0.4) is 0 Å². The van der Waals surface area contributed by atoms with Gasteiger partial charge in [0.25, 0.3) is 0 Å². The van der Waals surface area contributed by atoms with Crippen LogP contribution in [-0.2, 0) is 6.54 Å². The molecule has 1 heterocycles. The van der Waals surface area contributed by atoms with Gasteiger partial charge in [-0.25, -0.2) is 0 Å². The minimum Gasteiger partial charge on any atom is -0.312 e. The fourth-order valence-electron chi connectivity index (χ4n) is 3.14. The van der Waals surface area contributed by atoms with E-state index in [1.54, 1.807) is 0 Å². The van der Waals surface area contributed by atoms with Crippen LogP contribution >= 0.6 is 0 Å². The summed E-state index contributed by atoms with van der Waals surface area (Å²) in [4.78, 5) is 0. The summed E-state index contributed by atoms with van der Waals surface area (Å²) in [5.74, 6) is 0.902. The van der Waals surface area contributed by atoms with Crippen molar-refractivity contribution in [2.24, 2.45) is 11.3 Å². The lowest BCUT2D eigenvalue weighted by atomic mass is 9.71. The van der Waals surface area contributed by atoms with Gasteiger partial charge < -0.3 is 5.32 Å². The highest BCUT2D eigenvalue weighted by molar-refractivity contribution is 4.99. The standard InChI is InChI=1S/C16H29N3/c1-13-11-18-19(12-13)10-9-17-15-7-5-14(6-8-15)16(2,3)4/h11-12,14-15,17H,5-10H2,1-4H3. The van der Waals surface area contributed by atoms with Gasteiger partial charge in [-0.1, -0.05) is 20.8 Å². The Kier molecular flexibility index (Phi) is 4.67. The number of aromatic nitrogens is 2. The molecular formula is C16H29N3. The van der Waals surface area contributed by atoms with Crippen LogP contribution in [0.5, 0.6) is 0 Å². The molecule has 108 valence electrons. The van der Waals surface area contributed by atoms with Gasteiger partial charge in [-0.15, -0.1) is 0 Å². The van der Waals surface area contributed by atoms with Crippen LogP contribution in [0.4, 0.5) is 0 Å². The van der Waals surface area contributed by atoms with Crippen LogP contribution in [0.2, 0.25) is 0 Å². The van der Waals surface area contributed by atoms with Crippen LogP contribution in [-0.4, -0.2) is 22.4 Å². The topological polar surface area (TPSA) is 29.9 Å². The lowest BCUT2D eigenvalue weighted by Crippen LogP contribution is -2.37. The zero-order valence-electron chi connectivity index (χ0n) is 12.9. The van der Waals surface area contributed by atoms with Gasteiger partial charge in [0.05, 0.1) is 12.7 Å². The third kappa shape index (κ3) is 4.34. The largest absolute Gasteiger partial charge is 0.312 e. The van der Waals surface area contributed by atoms with Gasteiger partial charge >= 0.3 is 0 Å². The molecule has 0 saturated heterocycles. The first kappa shape index (κ1) is 14.6. The van der Waals surface area contributed by atoms with E-state index >= 15 is 0 Å². The molecule has 19 heavy (non-hydrogen) atoms. The molecule has 0 bridgehead atoms. The smallest absolute Gasteiger partial charge is 0.0534 e. The summed E-state index contributed by atoms with van der Waals surface area (Å²) in [6.45, 7) is 11.2. The van der Waals surface area contributed by atoms with E-state index in [0.717, 1.165) is 25.0 Å². The molecule has 1 aromatic rings. The first-order valence-electron chi connectivity index (χ1n) is 7.67. The van der Waals surface area contributed by atoms with E-state index in [4.69, 9.17) is 0 Å². The molecule has 1 fully saturated rings. The first-order valence-corrected chi connectivity index (χ1v) is 7.67. The Labute approximate surface area is 117 Å². The van der Waals surface area contributed by atoms with E-state index in [-0.39, 0.29) is 0 Å². The Morgan fingerprint density at radius 1 is 1.26 bits per heavy atom. The number of rotatable bonds is 4. The monoisotopic (exact) mass is 263 g/mol. The summed E-state index contributed by atoms with van der Waals surface area (Å²) in [5.41, 5.74) is 1.73. The van der Waals surface area contributed by atoms with Crippen molar-refractivity contribution in [1.29, 1.82) is 0 Å². The maximum atomic E-state index is 4.32. The molecule has 1 N–H and O–H groups in total. The number of hydrogen-bond acceptors (Lipinski definition) is 2. The Hall–Kier alpha value is -0.830. The molecular weight excluding hydrogens is 234 g/mol. The Balaban J connectivity index is 1.66. The van der Waals surface area contributed by atoms with E-state index in [9.17, 15) is 0 Å². The maximum Gasteiger partial charge on any atom is 0.0534 e. The highest BCUT2D eigenvalue weighted by Crippen LogP contribution is 2.37. The molecule has 0 radical (unpaired) electrons. The third-order valence-corrected chi connectivity index (χ3v) is 4.49. The van der Waals surface area contributed by atoms with Gasteiger partial charge in [0.15, 0.2) is 0 Å². The Bertz CT molecular complexity index is 381. The van der Waals surface area contributed by atoms with E-state index in [2.05, 4.69) is 44.3 Å². The van der Waals surface area contributed by atoms with Crippen LogP contribution in [0.1, 0.15) is 52.0 Å². The number of nitrogens with zero attached hydrogens (tertiary/aromatic N) is 2. The van der Waals surface area contributed by atoms with E-state index in [0.29, 0.717) is 5.41 Å². The molecule has 0 spiro atoms. The SMILES string of the molecule is Cc1cnn(CCNC2CCC(C(C)(C)C)CC2)c1. The van der Waals surface area contributed by atoms with Crippen LogP contribution in [0, 0.1) is 18.3 Å². The van der Waals surface area contributed by atoms with Crippen molar-refractivity contribution in [3.05, 3.63) is 18.0 Å². The predicted molar refractivity (Wildman–Crippen MR) is 80.2 cm³/mol. The fraction of sp³-hybridized carbons (Fsp3) is 0.812. The van der Waals surface area contributed by atoms with Gasteiger partial charge in [-0.2, -0.15) is 5.10 Å². The molecule has 1 saturated carbocycles. The van der Waals surface area contributed by atoms with Crippen molar-refractivity contribution in [2.45, 2.75) is 66.0 Å². The Morgan fingerprint density at radius 2 is 1.95 bits per heavy atom. The summed E-state index contributed by atoms with van der Waals surface area (Å²) < 4.78 is 2.03. The van der Waals surface area contributed by atoms with Gasteiger partial charge in [-0.05, 0) is 49.5 Å². The normalized spacial score (nSPS) is 24.6. The Morgan fingerprint density at radius 3 is 2.47 bits per heavy atom. The molecule has 1 aromatic heterocycles. The molecule has 0 atom stereocenters. The molecule has 2 rings (SSSR count). The van der Waals surface area contributed by atoms with Crippen molar-refractivity contribution < 1.29 is 0 Å². The molecule has 1 aliphatic rings. The van der Waals surface area contributed by atoms with E-state index in [1.807, 2.05) is 10.9 Å². The van der Waals surface area contributed by atoms with Crippen molar-refractivity contribution in [3.63, 3.8) is 0 Å². The van der Waals surface area contributed by atoms with E-state index in [1.165, 1.54) is 31.2 Å².